The van der Waals surface area contributed by atoms with Gasteiger partial charge in [0.2, 0.25) is 4.45 Å². The second-order valence-corrected chi connectivity index (χ2v) is 12.9. The number of carbonyl (C=O) groups is 1. The van der Waals surface area contributed by atoms with Crippen molar-refractivity contribution in [3.63, 3.8) is 0 Å². The van der Waals surface area contributed by atoms with E-state index < -0.39 is 14.4 Å². The predicted molar refractivity (Wildman–Crippen MR) is 89.6 cm³/mol. The van der Waals surface area contributed by atoms with Gasteiger partial charge in [0, 0.05) is 0 Å². The van der Waals surface area contributed by atoms with E-state index in [1.54, 1.807) is 12.3 Å². The van der Waals surface area contributed by atoms with Crippen LogP contribution in [0.25, 0.3) is 0 Å². The average Bonchev–Trinajstić information content (AvgIpc) is 2.31. The Balaban J connectivity index is 4.47. The van der Waals surface area contributed by atoms with E-state index in [0.29, 0.717) is 0 Å². The number of thioether (sulfide) groups is 2. The molecule has 0 heterocycles. The lowest BCUT2D eigenvalue weighted by molar-refractivity contribution is 0.106. The van der Waals surface area contributed by atoms with Gasteiger partial charge in [-0.25, -0.2) is 0 Å². The monoisotopic (exact) mass is 322 g/mol. The molecule has 0 radical (unpaired) electrons. The lowest BCUT2D eigenvalue weighted by Gasteiger charge is -2.37. The van der Waals surface area contributed by atoms with Gasteiger partial charge in [-0.1, -0.05) is 50.4 Å². The van der Waals surface area contributed by atoms with Crippen LogP contribution in [0.4, 0.5) is 4.79 Å². The van der Waals surface area contributed by atoms with Crippen molar-refractivity contribution in [1.29, 1.82) is 0 Å². The normalized spacial score (nSPS) is 15.9. The summed E-state index contributed by atoms with van der Waals surface area (Å²) in [5, 5.41) is 9.92. The van der Waals surface area contributed by atoms with Gasteiger partial charge >= 0.3 is 0 Å². The smallest absolute Gasteiger partial charge is 0.246 e. The lowest BCUT2D eigenvalue weighted by atomic mass is 10.2. The Kier molecular flexibility index (Phi) is 7.98. The van der Waals surface area contributed by atoms with Crippen LogP contribution in [0.5, 0.6) is 0 Å². The molecule has 0 aliphatic heterocycles. The fraction of sp³-hybridized carbons (Fsp3) is 0.769. The summed E-state index contributed by atoms with van der Waals surface area (Å²) in [5.41, 5.74) is 0. The zero-order valence-electron chi connectivity index (χ0n) is 12.7. The fourth-order valence-electron chi connectivity index (χ4n) is 1.05. The molecule has 0 bridgehead atoms. The van der Waals surface area contributed by atoms with E-state index in [1.807, 2.05) is 0 Å². The highest BCUT2D eigenvalue weighted by atomic mass is 32.2. The second kappa shape index (κ2) is 7.88. The Morgan fingerprint density at radius 1 is 1.47 bits per heavy atom. The number of hydrogen-bond acceptors (Lipinski definition) is 5. The van der Waals surface area contributed by atoms with Crippen LogP contribution in [0.2, 0.25) is 18.1 Å². The first-order valence-electron chi connectivity index (χ1n) is 6.24. The SMILES string of the molecule is C=CC(SC(=O)SC)[C@H](O)CO[Si](C)(C)C(C)(C)C. The first kappa shape index (κ1) is 19.2. The summed E-state index contributed by atoms with van der Waals surface area (Å²) in [4.78, 5) is 11.4. The molecule has 6 heteroatoms. The summed E-state index contributed by atoms with van der Waals surface area (Å²) in [5.74, 6) is 0. The Morgan fingerprint density at radius 2 is 2.00 bits per heavy atom. The highest BCUT2D eigenvalue weighted by Crippen LogP contribution is 2.36. The van der Waals surface area contributed by atoms with Crippen molar-refractivity contribution in [2.45, 2.75) is 50.3 Å². The Morgan fingerprint density at radius 3 is 2.37 bits per heavy atom. The van der Waals surface area contributed by atoms with Gasteiger partial charge in [-0.05, 0) is 24.4 Å². The molecule has 0 spiro atoms. The topological polar surface area (TPSA) is 46.5 Å². The molecule has 0 saturated carbocycles. The molecule has 0 amide bonds. The molecular formula is C13H26O3S2Si. The van der Waals surface area contributed by atoms with Crippen molar-refractivity contribution < 1.29 is 14.3 Å². The maximum absolute atomic E-state index is 11.4. The summed E-state index contributed by atoms with van der Waals surface area (Å²) in [6.45, 7) is 14.7. The van der Waals surface area contributed by atoms with Crippen molar-refractivity contribution in [3.8, 4) is 0 Å². The summed E-state index contributed by atoms with van der Waals surface area (Å²) >= 11 is 2.25. The summed E-state index contributed by atoms with van der Waals surface area (Å²) < 4.78 is 5.95. The molecular weight excluding hydrogens is 296 g/mol. The van der Waals surface area contributed by atoms with Crippen molar-refractivity contribution in [2.24, 2.45) is 0 Å². The minimum Gasteiger partial charge on any atom is -0.414 e. The third kappa shape index (κ3) is 6.49. The van der Waals surface area contributed by atoms with Gasteiger partial charge < -0.3 is 9.53 Å². The number of rotatable bonds is 6. The molecule has 0 fully saturated rings. The predicted octanol–water partition coefficient (Wildman–Crippen LogP) is 4.14. The van der Waals surface area contributed by atoms with Crippen molar-refractivity contribution in [1.82, 2.24) is 0 Å². The van der Waals surface area contributed by atoms with Crippen molar-refractivity contribution in [3.05, 3.63) is 12.7 Å². The van der Waals surface area contributed by atoms with Gasteiger partial charge in [-0.3, -0.25) is 4.79 Å². The van der Waals surface area contributed by atoms with Gasteiger partial charge in [0.05, 0.1) is 18.0 Å². The molecule has 19 heavy (non-hydrogen) atoms. The zero-order valence-corrected chi connectivity index (χ0v) is 15.4. The molecule has 0 aromatic heterocycles. The van der Waals surface area contributed by atoms with Crippen molar-refractivity contribution >= 4 is 36.3 Å². The second-order valence-electron chi connectivity index (χ2n) is 5.91. The molecule has 2 atom stereocenters. The van der Waals surface area contributed by atoms with Crippen LogP contribution in [-0.2, 0) is 4.43 Å². The van der Waals surface area contributed by atoms with Crippen LogP contribution < -0.4 is 0 Å². The third-order valence-electron chi connectivity index (χ3n) is 3.43. The Hall–Kier alpha value is 0.247. The maximum Gasteiger partial charge on any atom is 0.246 e. The Labute approximate surface area is 126 Å². The van der Waals surface area contributed by atoms with Gasteiger partial charge in [0.15, 0.2) is 8.32 Å². The first-order chi connectivity index (χ1) is 8.55. The minimum absolute atomic E-state index is 0.0173. The molecule has 0 aliphatic rings. The molecule has 0 saturated heterocycles. The molecule has 0 aromatic carbocycles. The molecule has 3 nitrogen and oxygen atoms in total. The summed E-state index contributed by atoms with van der Waals surface area (Å²) in [7, 11) is -1.87. The van der Waals surface area contributed by atoms with Gasteiger partial charge in [0.25, 0.3) is 0 Å². The lowest BCUT2D eigenvalue weighted by Crippen LogP contribution is -2.43. The van der Waals surface area contributed by atoms with E-state index in [2.05, 4.69) is 40.4 Å². The minimum atomic E-state index is -1.87. The summed E-state index contributed by atoms with van der Waals surface area (Å²) in [6.07, 6.45) is 2.64. The number of hydrogen-bond donors (Lipinski definition) is 1. The molecule has 0 aliphatic carbocycles. The van der Waals surface area contributed by atoms with Crippen LogP contribution in [-0.4, -0.2) is 42.1 Å². The van der Waals surface area contributed by atoms with E-state index in [0.717, 1.165) is 23.5 Å². The van der Waals surface area contributed by atoms with E-state index >= 15 is 0 Å². The molecule has 0 aromatic rings. The van der Waals surface area contributed by atoms with Gasteiger partial charge in [-0.15, -0.1) is 6.58 Å². The van der Waals surface area contributed by atoms with E-state index in [-0.39, 0.29) is 21.3 Å². The van der Waals surface area contributed by atoms with Gasteiger partial charge in [0.1, 0.15) is 0 Å². The fourth-order valence-corrected chi connectivity index (χ4v) is 3.34. The maximum atomic E-state index is 11.4. The van der Waals surface area contributed by atoms with Crippen LogP contribution in [0.1, 0.15) is 20.8 Å². The van der Waals surface area contributed by atoms with E-state index in [9.17, 15) is 9.90 Å². The van der Waals surface area contributed by atoms with Crippen LogP contribution in [0.3, 0.4) is 0 Å². The zero-order chi connectivity index (χ0) is 15.3. The first-order valence-corrected chi connectivity index (χ1v) is 11.3. The molecule has 1 N–H and O–H groups in total. The molecule has 1 unspecified atom stereocenters. The number of aliphatic hydroxyl groups excluding tert-OH is 1. The molecule has 0 rings (SSSR count). The number of aliphatic hydroxyl groups is 1. The van der Waals surface area contributed by atoms with E-state index in [1.165, 1.54) is 0 Å². The standard InChI is InChI=1S/C13H26O3S2Si/c1-8-11(18-12(15)17-5)10(14)9-16-19(6,7)13(2,3)4/h8,10-11,14H,1,9H2,2-7H3/t10-,11?/m1/s1. The highest BCUT2D eigenvalue weighted by Gasteiger charge is 2.38. The molecule has 112 valence electrons. The largest absolute Gasteiger partial charge is 0.414 e. The van der Waals surface area contributed by atoms with Crippen LogP contribution >= 0.6 is 23.5 Å². The average molecular weight is 323 g/mol. The van der Waals surface area contributed by atoms with Crippen LogP contribution in [0.15, 0.2) is 12.7 Å². The van der Waals surface area contributed by atoms with Crippen LogP contribution in [0, 0.1) is 0 Å². The highest BCUT2D eigenvalue weighted by molar-refractivity contribution is 8.38. The van der Waals surface area contributed by atoms with Crippen molar-refractivity contribution in [2.75, 3.05) is 12.9 Å². The van der Waals surface area contributed by atoms with Gasteiger partial charge in [-0.2, -0.15) is 0 Å². The van der Waals surface area contributed by atoms with E-state index in [4.69, 9.17) is 4.43 Å². The Bertz CT molecular complexity index is 314. The number of carbonyl (C=O) groups excluding carboxylic acids is 1. The summed E-state index contributed by atoms with van der Waals surface area (Å²) in [6, 6.07) is 0. The third-order valence-corrected chi connectivity index (χ3v) is 10.0. The quantitative estimate of drug-likeness (QED) is 0.588.